The Bertz CT molecular complexity index is 905. The first-order chi connectivity index (χ1) is 16.3. The number of benzene rings is 1. The van der Waals surface area contributed by atoms with E-state index in [0.29, 0.717) is 5.56 Å². The first kappa shape index (κ1) is 29.3. The monoisotopic (exact) mass is 496 g/mol. The highest BCUT2D eigenvalue weighted by molar-refractivity contribution is 5.95. The smallest absolute Gasteiger partial charge is 0.326 e. The summed E-state index contributed by atoms with van der Waals surface area (Å²) < 4.78 is 0. The van der Waals surface area contributed by atoms with Gasteiger partial charge >= 0.3 is 11.9 Å². The third-order valence-corrected chi connectivity index (χ3v) is 4.88. The number of carboxylic acid groups (broad SMARTS) is 2. The van der Waals surface area contributed by atoms with Crippen LogP contribution in [-0.4, -0.2) is 80.9 Å². The summed E-state index contributed by atoms with van der Waals surface area (Å²) in [5.41, 5.74) is 5.92. The van der Waals surface area contributed by atoms with E-state index in [1.54, 1.807) is 13.8 Å². The first-order valence-corrected chi connectivity index (χ1v) is 10.8. The molecule has 0 fully saturated rings. The van der Waals surface area contributed by atoms with Crippen molar-refractivity contribution >= 4 is 29.7 Å². The molecular formula is C22H32N4O9. The molecule has 1 aromatic carbocycles. The Labute approximate surface area is 201 Å². The summed E-state index contributed by atoms with van der Waals surface area (Å²) in [6, 6.07) is 0.189. The third-order valence-electron chi connectivity index (χ3n) is 4.88. The van der Waals surface area contributed by atoms with Crippen molar-refractivity contribution in [1.29, 1.82) is 0 Å². The van der Waals surface area contributed by atoms with Crippen LogP contribution in [0.5, 0.6) is 5.75 Å². The molecule has 0 bridgehead atoms. The van der Waals surface area contributed by atoms with E-state index in [-0.39, 0.29) is 24.5 Å². The number of amides is 3. The van der Waals surface area contributed by atoms with E-state index in [2.05, 4.69) is 16.0 Å². The van der Waals surface area contributed by atoms with E-state index in [9.17, 15) is 34.2 Å². The van der Waals surface area contributed by atoms with Crippen LogP contribution in [0.1, 0.15) is 32.3 Å². The van der Waals surface area contributed by atoms with Crippen LogP contribution < -0.4 is 21.7 Å². The number of phenolic OH excluding ortho intramolecular Hbond substituents is 1. The number of carbonyl (C=O) groups excluding carboxylic acids is 3. The second kappa shape index (κ2) is 13.9. The Kier molecular flexibility index (Phi) is 11.6. The second-order valence-electron chi connectivity index (χ2n) is 8.41. The molecule has 194 valence electrons. The van der Waals surface area contributed by atoms with Crippen molar-refractivity contribution in [2.75, 3.05) is 6.61 Å². The van der Waals surface area contributed by atoms with Gasteiger partial charge in [-0.1, -0.05) is 26.0 Å². The standard InChI is InChI=1S/C22H32N4O9/c1-11(2)7-15(25-21(33)16(9-18(29)30)24-19(31)14(23)10-27)20(32)26-17(22(34)35)8-12-3-5-13(28)6-4-12/h3-6,11,14-17,27-28H,7-10,23H2,1-2H3,(H,24,31)(H,25,33)(H,26,32)(H,29,30)(H,34,35). The largest absolute Gasteiger partial charge is 0.508 e. The highest BCUT2D eigenvalue weighted by Crippen LogP contribution is 2.12. The molecule has 35 heavy (non-hydrogen) atoms. The van der Waals surface area contributed by atoms with Crippen LogP contribution in [0.4, 0.5) is 0 Å². The van der Waals surface area contributed by atoms with Crippen molar-refractivity contribution in [3.8, 4) is 5.75 Å². The number of aliphatic hydroxyl groups is 1. The fourth-order valence-electron chi connectivity index (χ4n) is 3.06. The molecular weight excluding hydrogens is 464 g/mol. The fraction of sp³-hybridized carbons (Fsp3) is 0.500. The van der Waals surface area contributed by atoms with Crippen LogP contribution in [-0.2, 0) is 30.4 Å². The number of aromatic hydroxyl groups is 1. The Hall–Kier alpha value is -3.71. The number of phenols is 1. The van der Waals surface area contributed by atoms with Gasteiger partial charge in [-0.3, -0.25) is 19.2 Å². The van der Waals surface area contributed by atoms with E-state index in [4.69, 9.17) is 15.9 Å². The lowest BCUT2D eigenvalue weighted by molar-refractivity contribution is -0.143. The predicted molar refractivity (Wildman–Crippen MR) is 122 cm³/mol. The number of nitrogens with one attached hydrogen (secondary N) is 3. The minimum Gasteiger partial charge on any atom is -0.508 e. The molecule has 3 amide bonds. The lowest BCUT2D eigenvalue weighted by atomic mass is 10.0. The van der Waals surface area contributed by atoms with Crippen molar-refractivity contribution in [2.24, 2.45) is 11.7 Å². The van der Waals surface area contributed by atoms with Crippen molar-refractivity contribution in [1.82, 2.24) is 16.0 Å². The molecule has 0 saturated heterocycles. The quantitative estimate of drug-likeness (QED) is 0.146. The zero-order chi connectivity index (χ0) is 26.7. The van der Waals surface area contributed by atoms with Crippen LogP contribution >= 0.6 is 0 Å². The Morgan fingerprint density at radius 3 is 1.86 bits per heavy atom. The number of carboxylic acids is 2. The first-order valence-electron chi connectivity index (χ1n) is 10.8. The van der Waals surface area contributed by atoms with Gasteiger partial charge in [0.25, 0.3) is 0 Å². The predicted octanol–water partition coefficient (Wildman–Crippen LogP) is -1.69. The molecule has 4 unspecified atom stereocenters. The van der Waals surface area contributed by atoms with Crippen LogP contribution in [0.3, 0.4) is 0 Å². The molecule has 0 radical (unpaired) electrons. The number of carbonyl (C=O) groups is 5. The van der Waals surface area contributed by atoms with Crippen molar-refractivity contribution in [3.63, 3.8) is 0 Å². The van der Waals surface area contributed by atoms with Gasteiger partial charge in [0.05, 0.1) is 13.0 Å². The van der Waals surface area contributed by atoms with E-state index >= 15 is 0 Å². The third kappa shape index (κ3) is 10.4. The van der Waals surface area contributed by atoms with Gasteiger partial charge in [-0.25, -0.2) is 4.79 Å². The van der Waals surface area contributed by atoms with Crippen molar-refractivity contribution in [2.45, 2.75) is 57.3 Å². The van der Waals surface area contributed by atoms with Gasteiger partial charge in [-0.2, -0.15) is 0 Å². The summed E-state index contributed by atoms with van der Waals surface area (Å²) in [5.74, 6) is -5.63. The molecule has 13 heteroatoms. The minimum absolute atomic E-state index is 0.00711. The molecule has 1 rings (SSSR count). The Balaban J connectivity index is 3.02. The Morgan fingerprint density at radius 1 is 0.857 bits per heavy atom. The lowest BCUT2D eigenvalue weighted by Gasteiger charge is -2.25. The maximum Gasteiger partial charge on any atom is 0.326 e. The van der Waals surface area contributed by atoms with E-state index in [1.807, 2.05) is 0 Å². The van der Waals surface area contributed by atoms with Gasteiger partial charge in [-0.15, -0.1) is 0 Å². The number of nitrogens with two attached hydrogens (primary N) is 1. The lowest BCUT2D eigenvalue weighted by Crippen LogP contribution is -2.58. The topological polar surface area (TPSA) is 228 Å². The fourth-order valence-corrected chi connectivity index (χ4v) is 3.06. The number of hydrogen-bond donors (Lipinski definition) is 8. The van der Waals surface area contributed by atoms with Crippen LogP contribution in [0.15, 0.2) is 24.3 Å². The molecule has 0 saturated carbocycles. The van der Waals surface area contributed by atoms with Crippen molar-refractivity contribution in [3.05, 3.63) is 29.8 Å². The van der Waals surface area contributed by atoms with E-state index in [1.165, 1.54) is 24.3 Å². The maximum atomic E-state index is 12.9. The molecule has 0 aliphatic carbocycles. The maximum absolute atomic E-state index is 12.9. The molecule has 9 N–H and O–H groups in total. The minimum atomic E-state index is -1.59. The average molecular weight is 497 g/mol. The van der Waals surface area contributed by atoms with Gasteiger partial charge in [-0.05, 0) is 30.0 Å². The van der Waals surface area contributed by atoms with E-state index < -0.39 is 66.9 Å². The van der Waals surface area contributed by atoms with Gasteiger partial charge < -0.3 is 42.1 Å². The highest BCUT2D eigenvalue weighted by Gasteiger charge is 2.31. The molecule has 13 nitrogen and oxygen atoms in total. The van der Waals surface area contributed by atoms with E-state index in [0.717, 1.165) is 0 Å². The van der Waals surface area contributed by atoms with Gasteiger partial charge in [0.15, 0.2) is 0 Å². The normalized spacial score (nSPS) is 14.3. The van der Waals surface area contributed by atoms with Crippen LogP contribution in [0.2, 0.25) is 0 Å². The van der Waals surface area contributed by atoms with Crippen molar-refractivity contribution < 1.29 is 44.4 Å². The molecule has 0 aromatic heterocycles. The molecule has 0 aliphatic heterocycles. The number of hydrogen-bond acceptors (Lipinski definition) is 8. The zero-order valence-electron chi connectivity index (χ0n) is 19.4. The van der Waals surface area contributed by atoms with Gasteiger partial charge in [0, 0.05) is 6.42 Å². The highest BCUT2D eigenvalue weighted by atomic mass is 16.4. The van der Waals surface area contributed by atoms with Crippen LogP contribution in [0.25, 0.3) is 0 Å². The average Bonchev–Trinajstić information content (AvgIpc) is 2.77. The summed E-state index contributed by atoms with van der Waals surface area (Å²) in [7, 11) is 0. The Morgan fingerprint density at radius 2 is 1.37 bits per heavy atom. The van der Waals surface area contributed by atoms with Gasteiger partial charge in [0.1, 0.15) is 29.9 Å². The molecule has 0 spiro atoms. The number of aliphatic carboxylic acids is 2. The van der Waals surface area contributed by atoms with Gasteiger partial charge in [0.2, 0.25) is 17.7 Å². The van der Waals surface area contributed by atoms with Crippen LogP contribution in [0, 0.1) is 5.92 Å². The molecule has 4 atom stereocenters. The second-order valence-corrected chi connectivity index (χ2v) is 8.41. The molecule has 0 aliphatic rings. The summed E-state index contributed by atoms with van der Waals surface area (Å²) in [6.45, 7) is 2.78. The number of rotatable bonds is 14. The summed E-state index contributed by atoms with van der Waals surface area (Å²) in [4.78, 5) is 60.5. The summed E-state index contributed by atoms with van der Waals surface area (Å²) in [6.07, 6.45) is -0.822. The number of aliphatic hydroxyl groups excluding tert-OH is 1. The SMILES string of the molecule is CC(C)CC(NC(=O)C(CC(=O)O)NC(=O)C(N)CO)C(=O)NC(Cc1ccc(O)cc1)C(=O)O. The molecule has 0 heterocycles. The summed E-state index contributed by atoms with van der Waals surface area (Å²) >= 11 is 0. The molecule has 1 aromatic rings. The zero-order valence-corrected chi connectivity index (χ0v) is 19.4. The summed E-state index contributed by atoms with van der Waals surface area (Å²) in [5, 5.41) is 43.9.